The highest BCUT2D eigenvalue weighted by molar-refractivity contribution is 6.32. The molecule has 2 nitrogen and oxygen atoms in total. The van der Waals surface area contributed by atoms with E-state index in [2.05, 4.69) is 17.5 Å². The molecule has 1 atom stereocenters. The summed E-state index contributed by atoms with van der Waals surface area (Å²) in [5.41, 5.74) is 0.901. The molecule has 2 aliphatic rings. The molecule has 15 heavy (non-hydrogen) atoms. The third kappa shape index (κ3) is 1.45. The van der Waals surface area contributed by atoms with Gasteiger partial charge in [-0.15, -0.1) is 0 Å². The number of hydrogen-bond donors (Lipinski definition) is 1. The van der Waals surface area contributed by atoms with Gasteiger partial charge in [0.1, 0.15) is 11.4 Å². The van der Waals surface area contributed by atoms with Gasteiger partial charge in [0.25, 0.3) is 0 Å². The topological polar surface area (TPSA) is 21.3 Å². The molecular weight excluding hydrogens is 210 g/mol. The molecule has 0 aromatic heterocycles. The van der Waals surface area contributed by atoms with Gasteiger partial charge < -0.3 is 10.1 Å². The van der Waals surface area contributed by atoms with Crippen LogP contribution in [0.5, 0.6) is 5.75 Å². The molecule has 3 rings (SSSR count). The van der Waals surface area contributed by atoms with Crippen molar-refractivity contribution in [3.63, 3.8) is 0 Å². The van der Waals surface area contributed by atoms with E-state index in [-0.39, 0.29) is 5.60 Å². The van der Waals surface area contributed by atoms with Crippen molar-refractivity contribution < 1.29 is 4.74 Å². The zero-order valence-corrected chi connectivity index (χ0v) is 9.05. The van der Waals surface area contributed by atoms with E-state index < -0.39 is 0 Å². The normalized spacial score (nSPS) is 27.8. The second-order valence-electron chi connectivity index (χ2n) is 4.09. The van der Waals surface area contributed by atoms with Crippen molar-refractivity contribution in [3.05, 3.63) is 34.9 Å². The monoisotopic (exact) mass is 221 g/mol. The average Bonchev–Trinajstić information content (AvgIpc) is 2.68. The van der Waals surface area contributed by atoms with Gasteiger partial charge in [0.05, 0.1) is 5.02 Å². The van der Waals surface area contributed by atoms with E-state index in [4.69, 9.17) is 16.3 Å². The lowest BCUT2D eigenvalue weighted by Crippen LogP contribution is -2.37. The van der Waals surface area contributed by atoms with E-state index >= 15 is 0 Å². The summed E-state index contributed by atoms with van der Waals surface area (Å²) in [6, 6.07) is 5.84. The maximum absolute atomic E-state index is 6.12. The van der Waals surface area contributed by atoms with Crippen LogP contribution in [0.1, 0.15) is 12.0 Å². The van der Waals surface area contributed by atoms with Gasteiger partial charge in [-0.2, -0.15) is 0 Å². The molecule has 0 radical (unpaired) electrons. The fourth-order valence-corrected chi connectivity index (χ4v) is 2.38. The molecule has 1 unspecified atom stereocenters. The minimum atomic E-state index is -0.169. The fraction of sp³-hybridized carbons (Fsp3) is 0.333. The van der Waals surface area contributed by atoms with Gasteiger partial charge in [-0.05, 0) is 18.7 Å². The largest absolute Gasteiger partial charge is 0.480 e. The lowest BCUT2D eigenvalue weighted by atomic mass is 9.97. The number of ether oxygens (including phenoxy) is 1. The molecule has 0 amide bonds. The zero-order chi connectivity index (χ0) is 10.3. The lowest BCUT2D eigenvalue weighted by molar-refractivity contribution is 0.139. The quantitative estimate of drug-likeness (QED) is 0.727. The van der Waals surface area contributed by atoms with Crippen molar-refractivity contribution in [2.24, 2.45) is 0 Å². The van der Waals surface area contributed by atoms with Gasteiger partial charge in [0, 0.05) is 18.5 Å². The number of nitrogens with one attached hydrogen (secondary N) is 1. The highest BCUT2D eigenvalue weighted by Crippen LogP contribution is 2.38. The number of benzene rings is 1. The van der Waals surface area contributed by atoms with Crippen LogP contribution in [-0.2, 0) is 0 Å². The highest BCUT2D eigenvalue weighted by Gasteiger charge is 2.36. The zero-order valence-electron chi connectivity index (χ0n) is 8.29. The summed E-state index contributed by atoms with van der Waals surface area (Å²) in [4.78, 5) is 0. The van der Waals surface area contributed by atoms with E-state index in [9.17, 15) is 0 Å². The Hall–Kier alpha value is -0.990. The van der Waals surface area contributed by atoms with E-state index in [0.29, 0.717) is 5.02 Å². The summed E-state index contributed by atoms with van der Waals surface area (Å²) in [5, 5.41) is 4.01. The Bertz CT molecular complexity index is 422. The number of fused-ring (bicyclic) bond motifs is 1. The third-order valence-corrected chi connectivity index (χ3v) is 3.32. The molecule has 0 bridgehead atoms. The molecule has 1 aromatic carbocycles. The van der Waals surface area contributed by atoms with Gasteiger partial charge in [-0.3, -0.25) is 0 Å². The smallest absolute Gasteiger partial charge is 0.146 e. The maximum atomic E-state index is 6.12. The summed E-state index contributed by atoms with van der Waals surface area (Å²) >= 11 is 6.12. The van der Waals surface area contributed by atoms with E-state index in [1.807, 2.05) is 18.2 Å². The minimum Gasteiger partial charge on any atom is -0.480 e. The molecule has 3 heteroatoms. The van der Waals surface area contributed by atoms with Crippen LogP contribution < -0.4 is 10.1 Å². The first-order valence-corrected chi connectivity index (χ1v) is 5.54. The van der Waals surface area contributed by atoms with E-state index in [0.717, 1.165) is 30.8 Å². The molecule has 1 spiro atoms. The summed E-state index contributed by atoms with van der Waals surface area (Å²) in [7, 11) is 0. The molecule has 2 aliphatic heterocycles. The Balaban J connectivity index is 2.05. The van der Waals surface area contributed by atoms with Gasteiger partial charge in [0.15, 0.2) is 0 Å². The van der Waals surface area contributed by atoms with E-state index in [1.54, 1.807) is 0 Å². The van der Waals surface area contributed by atoms with Crippen LogP contribution in [-0.4, -0.2) is 18.7 Å². The Morgan fingerprint density at radius 2 is 2.33 bits per heavy atom. The summed E-state index contributed by atoms with van der Waals surface area (Å²) in [6.45, 7) is 1.87. The summed E-state index contributed by atoms with van der Waals surface area (Å²) in [6.07, 6.45) is 5.26. The van der Waals surface area contributed by atoms with Gasteiger partial charge in [-0.1, -0.05) is 29.8 Å². The Kier molecular flexibility index (Phi) is 2.01. The van der Waals surface area contributed by atoms with Crippen molar-refractivity contribution in [1.29, 1.82) is 0 Å². The molecule has 0 aliphatic carbocycles. The van der Waals surface area contributed by atoms with Crippen LogP contribution in [0.25, 0.3) is 6.08 Å². The van der Waals surface area contributed by atoms with Crippen molar-refractivity contribution in [2.45, 2.75) is 12.0 Å². The van der Waals surface area contributed by atoms with Gasteiger partial charge in [0.2, 0.25) is 0 Å². The molecule has 0 saturated carbocycles. The van der Waals surface area contributed by atoms with Crippen molar-refractivity contribution in [1.82, 2.24) is 5.32 Å². The molecular formula is C12H12ClNO. The maximum Gasteiger partial charge on any atom is 0.146 e. The number of halogens is 1. The average molecular weight is 222 g/mol. The molecule has 1 saturated heterocycles. The molecule has 78 valence electrons. The van der Waals surface area contributed by atoms with Crippen LogP contribution in [0.2, 0.25) is 5.02 Å². The lowest BCUT2D eigenvalue weighted by Gasteiger charge is -2.31. The van der Waals surface area contributed by atoms with Crippen molar-refractivity contribution >= 4 is 17.7 Å². The summed E-state index contributed by atoms with van der Waals surface area (Å²) in [5.74, 6) is 0.824. The van der Waals surface area contributed by atoms with Crippen molar-refractivity contribution in [3.8, 4) is 5.75 Å². The minimum absolute atomic E-state index is 0.169. The molecule has 1 N–H and O–H groups in total. The first-order chi connectivity index (χ1) is 7.29. The Morgan fingerprint density at radius 1 is 1.40 bits per heavy atom. The molecule has 1 aromatic rings. The van der Waals surface area contributed by atoms with E-state index in [1.165, 1.54) is 0 Å². The van der Waals surface area contributed by atoms with Crippen LogP contribution >= 0.6 is 11.6 Å². The van der Waals surface area contributed by atoms with Crippen LogP contribution in [0.15, 0.2) is 24.3 Å². The number of rotatable bonds is 0. The second-order valence-corrected chi connectivity index (χ2v) is 4.49. The molecule has 1 fully saturated rings. The van der Waals surface area contributed by atoms with Gasteiger partial charge in [-0.25, -0.2) is 0 Å². The first kappa shape index (κ1) is 9.25. The van der Waals surface area contributed by atoms with Crippen molar-refractivity contribution in [2.75, 3.05) is 13.1 Å². The standard InChI is InChI=1S/C12H12ClNO/c13-10-3-1-2-9-4-5-12(15-11(9)10)6-7-14-8-12/h1-5,14H,6-8H2. The number of hydrogen-bond acceptors (Lipinski definition) is 2. The Labute approximate surface area is 93.9 Å². The first-order valence-electron chi connectivity index (χ1n) is 5.17. The van der Waals surface area contributed by atoms with Crippen LogP contribution in [0.3, 0.4) is 0 Å². The highest BCUT2D eigenvalue weighted by atomic mass is 35.5. The fourth-order valence-electron chi connectivity index (χ4n) is 2.16. The predicted molar refractivity (Wildman–Crippen MR) is 61.3 cm³/mol. The Morgan fingerprint density at radius 3 is 3.13 bits per heavy atom. The SMILES string of the molecule is Clc1cccc2c1OC1(C=C2)CCNC1. The predicted octanol–water partition coefficient (Wildman–Crippen LogP) is 2.48. The molecule has 2 heterocycles. The third-order valence-electron chi connectivity index (χ3n) is 3.02. The number of para-hydroxylation sites is 1. The van der Waals surface area contributed by atoms with Crippen LogP contribution in [0.4, 0.5) is 0 Å². The van der Waals surface area contributed by atoms with Gasteiger partial charge >= 0.3 is 0 Å². The second kappa shape index (κ2) is 3.26. The van der Waals surface area contributed by atoms with Crippen LogP contribution in [0, 0.1) is 0 Å². The summed E-state index contributed by atoms with van der Waals surface area (Å²) < 4.78 is 6.03.